The highest BCUT2D eigenvalue weighted by Crippen LogP contribution is 2.27. The molecule has 2 aromatic rings. The summed E-state index contributed by atoms with van der Waals surface area (Å²) in [5.41, 5.74) is 2.70. The molecule has 1 saturated carbocycles. The Bertz CT molecular complexity index is 884. The van der Waals surface area contributed by atoms with Gasteiger partial charge in [-0.05, 0) is 69.7 Å². The maximum atomic E-state index is 7.89. The number of aromatic nitrogens is 2. The first-order valence-electron chi connectivity index (χ1n) is 11.0. The van der Waals surface area contributed by atoms with E-state index in [4.69, 9.17) is 10.1 Å². The van der Waals surface area contributed by atoms with Crippen LogP contribution in [0.15, 0.2) is 30.7 Å². The van der Waals surface area contributed by atoms with E-state index in [-0.39, 0.29) is 6.23 Å². The Kier molecular flexibility index (Phi) is 6.92. The molecule has 2 heterocycles. The first kappa shape index (κ1) is 20.8. The van der Waals surface area contributed by atoms with Crippen molar-refractivity contribution in [3.8, 4) is 0 Å². The van der Waals surface area contributed by atoms with Crippen molar-refractivity contribution in [2.45, 2.75) is 63.3 Å². The van der Waals surface area contributed by atoms with E-state index in [2.05, 4.69) is 32.0 Å². The average molecular weight is 409 g/mol. The molecule has 1 unspecified atom stereocenters. The van der Waals surface area contributed by atoms with Gasteiger partial charge in [0.15, 0.2) is 0 Å². The van der Waals surface area contributed by atoms with Crippen molar-refractivity contribution in [1.82, 2.24) is 20.6 Å². The predicted molar refractivity (Wildman–Crippen MR) is 122 cm³/mol. The van der Waals surface area contributed by atoms with Crippen LogP contribution in [-0.4, -0.2) is 48.1 Å². The number of hydrogen-bond acceptors (Lipinski definition) is 7. The molecule has 160 valence electrons. The second kappa shape index (κ2) is 10.00. The maximum absolute atomic E-state index is 7.89. The topological polar surface area (TPSA) is 95.0 Å². The van der Waals surface area contributed by atoms with E-state index >= 15 is 0 Å². The highest BCUT2D eigenvalue weighted by Gasteiger charge is 2.21. The normalized spacial score (nSPS) is 25.1. The lowest BCUT2D eigenvalue weighted by Crippen LogP contribution is -2.35. The van der Waals surface area contributed by atoms with Crippen molar-refractivity contribution in [1.29, 1.82) is 5.41 Å². The van der Waals surface area contributed by atoms with E-state index in [0.29, 0.717) is 12.1 Å². The van der Waals surface area contributed by atoms with Crippen LogP contribution in [0.5, 0.6) is 0 Å². The van der Waals surface area contributed by atoms with Gasteiger partial charge in [0, 0.05) is 42.1 Å². The molecule has 4 N–H and O–H groups in total. The van der Waals surface area contributed by atoms with Crippen molar-refractivity contribution in [2.24, 2.45) is 0 Å². The summed E-state index contributed by atoms with van der Waals surface area (Å²) in [7, 11) is 2.04. The summed E-state index contributed by atoms with van der Waals surface area (Å²) < 4.78 is 5.73. The van der Waals surface area contributed by atoms with Gasteiger partial charge < -0.3 is 26.1 Å². The number of allylic oxidation sites excluding steroid dienone is 1. The number of nitrogens with one attached hydrogen (secondary N) is 4. The molecule has 1 aliphatic heterocycles. The fraction of sp³-hybridized carbons (Fsp3) is 0.522. The fourth-order valence-electron chi connectivity index (χ4n) is 4.33. The molecule has 30 heavy (non-hydrogen) atoms. The Labute approximate surface area is 178 Å². The molecule has 0 bridgehead atoms. The molecule has 7 nitrogen and oxygen atoms in total. The molecule has 0 spiro atoms. The van der Waals surface area contributed by atoms with E-state index < -0.39 is 0 Å². The van der Waals surface area contributed by atoms with Crippen LogP contribution in [0.25, 0.3) is 16.5 Å². The van der Waals surface area contributed by atoms with Gasteiger partial charge in [-0.25, -0.2) is 9.97 Å². The molecule has 1 saturated heterocycles. The van der Waals surface area contributed by atoms with Crippen LogP contribution in [-0.2, 0) is 4.74 Å². The lowest BCUT2D eigenvalue weighted by Gasteiger charge is -2.29. The highest BCUT2D eigenvalue weighted by atomic mass is 16.5. The number of ether oxygens (including phenoxy) is 1. The summed E-state index contributed by atoms with van der Waals surface area (Å²) in [5, 5.41) is 19.2. The molecule has 4 rings (SSSR count). The molecule has 1 aromatic heterocycles. The van der Waals surface area contributed by atoms with E-state index in [1.54, 1.807) is 6.33 Å². The molecule has 0 radical (unpaired) electrons. The summed E-state index contributed by atoms with van der Waals surface area (Å²) in [6.45, 7) is 0.796. The standard InChI is InChI=1S/C23H32N6O/c1-25-18-6-8-19(9-7-18)29-23-20-12-16(5-10-21(20)27-15-28-23)17(13-24)14-26-22-4-2-3-11-30-22/h5,10,12-15,18-19,22,24-26H,2-4,6-9,11H2,1H3,(H,27,28,29)/b17-14+,24-13?. The van der Waals surface area contributed by atoms with Crippen LogP contribution in [0.4, 0.5) is 5.82 Å². The third-order valence-corrected chi connectivity index (χ3v) is 6.20. The molecule has 1 aliphatic carbocycles. The Morgan fingerprint density at radius 2 is 1.93 bits per heavy atom. The zero-order chi connectivity index (χ0) is 20.8. The van der Waals surface area contributed by atoms with Gasteiger partial charge >= 0.3 is 0 Å². The Morgan fingerprint density at radius 3 is 2.67 bits per heavy atom. The van der Waals surface area contributed by atoms with E-state index in [1.165, 1.54) is 25.5 Å². The zero-order valence-corrected chi connectivity index (χ0v) is 17.7. The van der Waals surface area contributed by atoms with Gasteiger partial charge in [-0.2, -0.15) is 0 Å². The van der Waals surface area contributed by atoms with Gasteiger partial charge in [-0.3, -0.25) is 0 Å². The van der Waals surface area contributed by atoms with Crippen molar-refractivity contribution < 1.29 is 4.74 Å². The van der Waals surface area contributed by atoms with Crippen LogP contribution >= 0.6 is 0 Å². The number of anilines is 1. The van der Waals surface area contributed by atoms with Gasteiger partial charge in [0.25, 0.3) is 0 Å². The van der Waals surface area contributed by atoms with Gasteiger partial charge in [-0.15, -0.1) is 0 Å². The Morgan fingerprint density at radius 1 is 1.10 bits per heavy atom. The van der Waals surface area contributed by atoms with Gasteiger partial charge in [0.1, 0.15) is 18.4 Å². The molecule has 2 aliphatic rings. The second-order valence-electron chi connectivity index (χ2n) is 8.20. The molecular weight excluding hydrogens is 376 g/mol. The third kappa shape index (κ3) is 4.96. The summed E-state index contributed by atoms with van der Waals surface area (Å²) in [6, 6.07) is 7.15. The number of fused-ring (bicyclic) bond motifs is 1. The summed E-state index contributed by atoms with van der Waals surface area (Å²) in [4.78, 5) is 8.97. The van der Waals surface area contributed by atoms with Crippen LogP contribution in [0.3, 0.4) is 0 Å². The molecule has 1 atom stereocenters. The average Bonchev–Trinajstić information content (AvgIpc) is 2.81. The lowest BCUT2D eigenvalue weighted by atomic mass is 9.91. The number of nitrogens with zero attached hydrogens (tertiary/aromatic N) is 2. The molecule has 7 heteroatoms. The minimum Gasteiger partial charge on any atom is -0.367 e. The highest BCUT2D eigenvalue weighted by molar-refractivity contribution is 6.09. The zero-order valence-electron chi connectivity index (χ0n) is 17.7. The minimum atomic E-state index is 0.0301. The molecule has 2 fully saturated rings. The summed E-state index contributed by atoms with van der Waals surface area (Å²) in [5.74, 6) is 0.877. The Hall–Kier alpha value is -2.51. The largest absolute Gasteiger partial charge is 0.367 e. The van der Waals surface area contributed by atoms with E-state index in [0.717, 1.165) is 60.1 Å². The van der Waals surface area contributed by atoms with Crippen molar-refractivity contribution >= 4 is 28.5 Å². The SMILES string of the molecule is CNC1CCC(Nc2ncnc3ccc(/C(C=N)=C/NC4CCCCO4)cc23)CC1. The summed E-state index contributed by atoms with van der Waals surface area (Å²) in [6.07, 6.45) is 12.8. The third-order valence-electron chi connectivity index (χ3n) is 6.20. The summed E-state index contributed by atoms with van der Waals surface area (Å²) >= 11 is 0. The van der Waals surface area contributed by atoms with Crippen LogP contribution in [0, 0.1) is 5.41 Å². The first-order valence-corrected chi connectivity index (χ1v) is 11.0. The van der Waals surface area contributed by atoms with Crippen molar-refractivity contribution in [3.05, 3.63) is 36.3 Å². The van der Waals surface area contributed by atoms with Crippen LogP contribution in [0.2, 0.25) is 0 Å². The van der Waals surface area contributed by atoms with Gasteiger partial charge in [-0.1, -0.05) is 6.07 Å². The molecule has 0 amide bonds. The van der Waals surface area contributed by atoms with Crippen LogP contribution < -0.4 is 16.0 Å². The predicted octanol–water partition coefficient (Wildman–Crippen LogP) is 3.68. The lowest BCUT2D eigenvalue weighted by molar-refractivity contribution is 0.00348. The second-order valence-corrected chi connectivity index (χ2v) is 8.20. The number of hydrogen-bond donors (Lipinski definition) is 4. The maximum Gasteiger partial charge on any atom is 0.137 e. The molecular formula is C23H32N6O. The van der Waals surface area contributed by atoms with Crippen molar-refractivity contribution in [2.75, 3.05) is 19.0 Å². The van der Waals surface area contributed by atoms with Gasteiger partial charge in [0.05, 0.1) is 5.52 Å². The quantitative estimate of drug-likeness (QED) is 0.522. The fourth-order valence-corrected chi connectivity index (χ4v) is 4.33. The number of benzene rings is 1. The minimum absolute atomic E-state index is 0.0301. The monoisotopic (exact) mass is 408 g/mol. The van der Waals surface area contributed by atoms with Gasteiger partial charge in [0.2, 0.25) is 0 Å². The van der Waals surface area contributed by atoms with Crippen molar-refractivity contribution in [3.63, 3.8) is 0 Å². The number of rotatable bonds is 7. The van der Waals surface area contributed by atoms with Crippen LogP contribution in [0.1, 0.15) is 50.5 Å². The first-order chi connectivity index (χ1) is 14.8. The van der Waals surface area contributed by atoms with E-state index in [1.807, 2.05) is 25.4 Å². The smallest absolute Gasteiger partial charge is 0.137 e. The molecule has 1 aromatic carbocycles. The van der Waals surface area contributed by atoms with E-state index in [9.17, 15) is 0 Å². The Balaban J connectivity index is 1.53.